The summed E-state index contributed by atoms with van der Waals surface area (Å²) in [5.41, 5.74) is 3.71. The molecule has 6 heteroatoms. The van der Waals surface area contributed by atoms with Crippen LogP contribution in [-0.2, 0) is 6.54 Å². The van der Waals surface area contributed by atoms with Gasteiger partial charge in [0.1, 0.15) is 0 Å². The van der Waals surface area contributed by atoms with E-state index in [1.807, 2.05) is 12.1 Å². The number of nitrogens with zero attached hydrogens (tertiary/aromatic N) is 2. The van der Waals surface area contributed by atoms with Gasteiger partial charge in [0.25, 0.3) is 0 Å². The van der Waals surface area contributed by atoms with Gasteiger partial charge < -0.3 is 15.4 Å². The maximum absolute atomic E-state index is 5.14. The Bertz CT molecular complexity index is 691. The highest BCUT2D eigenvalue weighted by Crippen LogP contribution is 2.15. The van der Waals surface area contributed by atoms with E-state index in [2.05, 4.69) is 58.7 Å². The van der Waals surface area contributed by atoms with Crippen molar-refractivity contribution in [3.05, 3.63) is 59.3 Å². The number of hydrogen-bond acceptors (Lipinski definition) is 3. The van der Waals surface area contributed by atoms with Gasteiger partial charge in [0, 0.05) is 32.4 Å². The van der Waals surface area contributed by atoms with Crippen LogP contribution >= 0.6 is 24.0 Å². The number of rotatable bonds is 6. The van der Waals surface area contributed by atoms with Crippen LogP contribution in [0.4, 0.5) is 0 Å². The van der Waals surface area contributed by atoms with Crippen LogP contribution in [0.25, 0.3) is 0 Å². The predicted octanol–water partition coefficient (Wildman–Crippen LogP) is 3.49. The van der Waals surface area contributed by atoms with Crippen LogP contribution < -0.4 is 15.4 Å². The quantitative estimate of drug-likeness (QED) is 0.399. The number of aliphatic imine (C=N–C) groups is 1. The first-order valence-corrected chi connectivity index (χ1v) is 8.12. The molecule has 5 nitrogen and oxygen atoms in total. The Balaban J connectivity index is 0.00000312. The normalized spacial score (nSPS) is 12.1. The largest absolute Gasteiger partial charge is 0.481 e. The summed E-state index contributed by atoms with van der Waals surface area (Å²) in [6, 6.07) is 12.5. The molecule has 1 atom stereocenters. The minimum absolute atomic E-state index is 0. The van der Waals surface area contributed by atoms with Crippen LogP contribution in [0.1, 0.15) is 29.5 Å². The lowest BCUT2D eigenvalue weighted by atomic mass is 9.99. The molecule has 0 radical (unpaired) electrons. The van der Waals surface area contributed by atoms with Crippen LogP contribution in [0.2, 0.25) is 0 Å². The molecule has 0 aliphatic carbocycles. The molecule has 0 fully saturated rings. The molecule has 1 unspecified atom stereocenters. The van der Waals surface area contributed by atoms with E-state index in [1.165, 1.54) is 11.1 Å². The third kappa shape index (κ3) is 6.89. The third-order valence-electron chi connectivity index (χ3n) is 3.88. The monoisotopic (exact) mass is 454 g/mol. The number of nitrogens with one attached hydrogen (secondary N) is 2. The maximum atomic E-state index is 5.14. The van der Waals surface area contributed by atoms with E-state index in [0.29, 0.717) is 18.3 Å². The zero-order valence-corrected chi connectivity index (χ0v) is 17.6. The molecule has 25 heavy (non-hydrogen) atoms. The number of ether oxygens (including phenoxy) is 1. The molecule has 0 spiro atoms. The lowest BCUT2D eigenvalue weighted by molar-refractivity contribution is 0.397. The van der Waals surface area contributed by atoms with Crippen molar-refractivity contribution in [1.82, 2.24) is 15.6 Å². The number of hydrogen-bond donors (Lipinski definition) is 2. The molecule has 1 aromatic carbocycles. The smallest absolute Gasteiger partial charge is 0.213 e. The summed E-state index contributed by atoms with van der Waals surface area (Å²) in [5, 5.41) is 6.69. The van der Waals surface area contributed by atoms with E-state index in [9.17, 15) is 0 Å². The minimum atomic E-state index is 0. The number of benzene rings is 1. The van der Waals surface area contributed by atoms with Gasteiger partial charge in [-0.3, -0.25) is 4.99 Å². The van der Waals surface area contributed by atoms with Crippen molar-refractivity contribution in [1.29, 1.82) is 0 Å². The SMILES string of the molecule is CN=C(NCc1ccnc(OC)c1)NCC(C)c1cccc(C)c1.I. The van der Waals surface area contributed by atoms with Gasteiger partial charge in [0.15, 0.2) is 5.96 Å². The zero-order valence-electron chi connectivity index (χ0n) is 15.2. The summed E-state index contributed by atoms with van der Waals surface area (Å²) < 4.78 is 5.14. The van der Waals surface area contributed by atoms with E-state index in [1.54, 1.807) is 20.4 Å². The Labute approximate surface area is 167 Å². The van der Waals surface area contributed by atoms with Crippen LogP contribution in [0.5, 0.6) is 5.88 Å². The van der Waals surface area contributed by atoms with Crippen molar-refractivity contribution in [2.24, 2.45) is 4.99 Å². The highest BCUT2D eigenvalue weighted by molar-refractivity contribution is 14.0. The number of guanidine groups is 1. The average molecular weight is 454 g/mol. The van der Waals surface area contributed by atoms with Crippen LogP contribution in [0.3, 0.4) is 0 Å². The van der Waals surface area contributed by atoms with Gasteiger partial charge >= 0.3 is 0 Å². The minimum Gasteiger partial charge on any atom is -0.481 e. The molecular weight excluding hydrogens is 427 g/mol. The highest BCUT2D eigenvalue weighted by Gasteiger charge is 2.07. The Kier molecular flexibility index (Phi) is 9.26. The maximum Gasteiger partial charge on any atom is 0.213 e. The molecule has 0 saturated heterocycles. The van der Waals surface area contributed by atoms with Crippen LogP contribution in [0.15, 0.2) is 47.6 Å². The van der Waals surface area contributed by atoms with E-state index < -0.39 is 0 Å². The second-order valence-corrected chi connectivity index (χ2v) is 5.83. The summed E-state index contributed by atoms with van der Waals surface area (Å²) in [7, 11) is 3.40. The molecule has 2 rings (SSSR count). The number of aryl methyl sites for hydroxylation is 1. The van der Waals surface area contributed by atoms with Gasteiger partial charge in [0.05, 0.1) is 7.11 Å². The fraction of sp³-hybridized carbons (Fsp3) is 0.368. The lowest BCUT2D eigenvalue weighted by Crippen LogP contribution is -2.38. The molecule has 0 amide bonds. The first-order chi connectivity index (χ1) is 11.6. The van der Waals surface area contributed by atoms with Crippen LogP contribution in [-0.4, -0.2) is 31.6 Å². The summed E-state index contributed by atoms with van der Waals surface area (Å²) in [5.74, 6) is 1.81. The molecule has 136 valence electrons. The highest BCUT2D eigenvalue weighted by atomic mass is 127. The molecule has 1 aromatic heterocycles. The second-order valence-electron chi connectivity index (χ2n) is 5.83. The standard InChI is InChI=1S/C19H26N4O.HI/c1-14-6-5-7-17(10-14)15(2)12-22-19(20-3)23-13-16-8-9-21-18(11-16)24-4;/h5-11,15H,12-13H2,1-4H3,(H2,20,22,23);1H. The van der Waals surface area contributed by atoms with E-state index in [0.717, 1.165) is 18.1 Å². The summed E-state index contributed by atoms with van der Waals surface area (Å²) in [6.07, 6.45) is 1.74. The molecule has 2 N–H and O–H groups in total. The summed E-state index contributed by atoms with van der Waals surface area (Å²) >= 11 is 0. The van der Waals surface area contributed by atoms with Crippen molar-refractivity contribution in [2.45, 2.75) is 26.3 Å². The Morgan fingerprint density at radius 1 is 1.24 bits per heavy atom. The van der Waals surface area contributed by atoms with Crippen molar-refractivity contribution in [3.63, 3.8) is 0 Å². The fourth-order valence-electron chi connectivity index (χ4n) is 2.42. The molecule has 2 aromatic rings. The Hall–Kier alpha value is -1.83. The summed E-state index contributed by atoms with van der Waals surface area (Å²) in [4.78, 5) is 8.39. The first kappa shape index (κ1) is 21.2. The van der Waals surface area contributed by atoms with E-state index >= 15 is 0 Å². The first-order valence-electron chi connectivity index (χ1n) is 8.12. The lowest BCUT2D eigenvalue weighted by Gasteiger charge is -2.17. The number of methoxy groups -OCH3 is 1. The van der Waals surface area contributed by atoms with Crippen molar-refractivity contribution < 1.29 is 4.74 Å². The van der Waals surface area contributed by atoms with E-state index in [4.69, 9.17) is 4.74 Å². The molecule has 0 saturated carbocycles. The number of halogens is 1. The topological polar surface area (TPSA) is 58.5 Å². The molecule has 0 aliphatic rings. The average Bonchev–Trinajstić information content (AvgIpc) is 2.61. The molecule has 1 heterocycles. The van der Waals surface area contributed by atoms with Crippen LogP contribution in [0, 0.1) is 6.92 Å². The predicted molar refractivity (Wildman–Crippen MR) is 114 cm³/mol. The molecule has 0 aliphatic heterocycles. The Morgan fingerprint density at radius 2 is 2.04 bits per heavy atom. The molecule has 0 bridgehead atoms. The second kappa shape index (κ2) is 10.9. The van der Waals surface area contributed by atoms with Gasteiger partial charge in [-0.05, 0) is 30.0 Å². The third-order valence-corrected chi connectivity index (χ3v) is 3.88. The van der Waals surface area contributed by atoms with Crippen molar-refractivity contribution >= 4 is 29.9 Å². The van der Waals surface area contributed by atoms with Gasteiger partial charge in [-0.1, -0.05) is 36.8 Å². The fourth-order valence-corrected chi connectivity index (χ4v) is 2.42. The van der Waals surface area contributed by atoms with Gasteiger partial charge in [-0.2, -0.15) is 0 Å². The van der Waals surface area contributed by atoms with Crippen molar-refractivity contribution in [3.8, 4) is 5.88 Å². The summed E-state index contributed by atoms with van der Waals surface area (Å²) in [6.45, 7) is 5.82. The van der Waals surface area contributed by atoms with Crippen molar-refractivity contribution in [2.75, 3.05) is 20.7 Å². The molecular formula is C19H27IN4O. The van der Waals surface area contributed by atoms with E-state index in [-0.39, 0.29) is 24.0 Å². The number of pyridine rings is 1. The van der Waals surface area contributed by atoms with Gasteiger partial charge in [-0.25, -0.2) is 4.98 Å². The van der Waals surface area contributed by atoms with Gasteiger partial charge in [0.2, 0.25) is 5.88 Å². The Morgan fingerprint density at radius 3 is 2.72 bits per heavy atom. The number of aromatic nitrogens is 1. The van der Waals surface area contributed by atoms with Gasteiger partial charge in [-0.15, -0.1) is 24.0 Å². The zero-order chi connectivity index (χ0) is 17.4.